The van der Waals surface area contributed by atoms with E-state index in [1.165, 1.54) is 15.4 Å². The molecule has 0 saturated carbocycles. The minimum absolute atomic E-state index is 0.434. The van der Waals surface area contributed by atoms with E-state index in [0.717, 1.165) is 0 Å². The molecule has 2 N–H and O–H groups in total. The van der Waals surface area contributed by atoms with Crippen molar-refractivity contribution in [3.63, 3.8) is 0 Å². The van der Waals surface area contributed by atoms with Crippen LogP contribution in [0.1, 0.15) is 6.42 Å². The monoisotopic (exact) mass is 201 g/mol. The molecule has 0 unspecified atom stereocenters. The van der Waals surface area contributed by atoms with Crippen molar-refractivity contribution in [2.75, 3.05) is 0 Å². The fourth-order valence-corrected chi connectivity index (χ4v) is 3.71. The van der Waals surface area contributed by atoms with Gasteiger partial charge in [0.1, 0.15) is 0 Å². The van der Waals surface area contributed by atoms with Crippen molar-refractivity contribution < 1.29 is 0 Å². The molecule has 2 heteroatoms. The molecule has 1 rings (SSSR count). The van der Waals surface area contributed by atoms with E-state index in [9.17, 15) is 0 Å². The van der Waals surface area contributed by atoms with Crippen molar-refractivity contribution in [1.82, 2.24) is 0 Å². The summed E-state index contributed by atoms with van der Waals surface area (Å²) in [6.07, 6.45) is 1.32. The molecule has 1 nitrogen and oxygen atoms in total. The summed E-state index contributed by atoms with van der Waals surface area (Å²) in [7, 11) is 0. The molecule has 1 saturated heterocycles. The van der Waals surface area contributed by atoms with Gasteiger partial charge >= 0.3 is 48.1 Å². The molecule has 1 aliphatic heterocycles. The van der Waals surface area contributed by atoms with Crippen molar-refractivity contribution in [2.24, 2.45) is 5.73 Å². The van der Waals surface area contributed by atoms with Crippen molar-refractivity contribution in [2.45, 2.75) is 21.4 Å². The van der Waals surface area contributed by atoms with Crippen LogP contribution in [0.25, 0.3) is 0 Å². The van der Waals surface area contributed by atoms with E-state index >= 15 is 0 Å². The third-order valence-electron chi connectivity index (χ3n) is 0.965. The topological polar surface area (TPSA) is 26.0 Å². The first-order valence-electron chi connectivity index (χ1n) is 2.23. The van der Waals surface area contributed by atoms with Crippen molar-refractivity contribution >= 4 is 20.9 Å². The van der Waals surface area contributed by atoms with Crippen LogP contribution in [0.15, 0.2) is 0 Å². The van der Waals surface area contributed by atoms with Gasteiger partial charge in [-0.1, -0.05) is 0 Å². The van der Waals surface area contributed by atoms with Gasteiger partial charge in [0.25, 0.3) is 0 Å². The number of hydrogen-bond donors (Lipinski definition) is 1. The van der Waals surface area contributed by atoms with Crippen LogP contribution in [0.2, 0.25) is 8.94 Å². The molecule has 0 amide bonds. The minimum atomic E-state index is 0.434. The van der Waals surface area contributed by atoms with Gasteiger partial charge in [0.2, 0.25) is 0 Å². The Bertz CT molecular complexity index is 40.8. The van der Waals surface area contributed by atoms with Crippen molar-refractivity contribution in [3.05, 3.63) is 0 Å². The first kappa shape index (κ1) is 4.90. The zero-order chi connectivity index (χ0) is 4.41. The molecule has 0 aromatic heterocycles. The summed E-state index contributed by atoms with van der Waals surface area (Å²) in [6, 6.07) is 0.604. The summed E-state index contributed by atoms with van der Waals surface area (Å²) in [6.45, 7) is 0. The summed E-state index contributed by atoms with van der Waals surface area (Å²) < 4.78 is 2.89. The van der Waals surface area contributed by atoms with Crippen LogP contribution in [-0.2, 0) is 0 Å². The maximum atomic E-state index is 5.57. The van der Waals surface area contributed by atoms with E-state index in [-0.39, 0.29) is 0 Å². The Morgan fingerprint density at radius 1 is 1.67 bits per heavy atom. The number of nitrogens with two attached hydrogens (primary N) is 1. The molecule has 6 heavy (non-hydrogen) atoms. The third-order valence-corrected chi connectivity index (χ3v) is 4.36. The molecule has 0 bridgehead atoms. The van der Waals surface area contributed by atoms with E-state index in [1.54, 1.807) is 0 Å². The van der Waals surface area contributed by atoms with Gasteiger partial charge in [-0.3, -0.25) is 0 Å². The molecule has 36 valence electrons. The number of hydrogen-bond acceptors (Lipinski definition) is 1. The molecule has 0 aromatic rings. The molecular formula is C4H9NTe. The Morgan fingerprint density at radius 2 is 2.50 bits per heavy atom. The molecule has 1 aliphatic rings. The van der Waals surface area contributed by atoms with Gasteiger partial charge in [0.15, 0.2) is 0 Å². The van der Waals surface area contributed by atoms with Crippen LogP contribution >= 0.6 is 0 Å². The van der Waals surface area contributed by atoms with Crippen LogP contribution in [-0.4, -0.2) is 27.0 Å². The summed E-state index contributed by atoms with van der Waals surface area (Å²) in [4.78, 5) is 0. The SMILES string of the molecule is N[C@@H]1CC[Te]C1. The van der Waals surface area contributed by atoms with Gasteiger partial charge in [-0.2, -0.15) is 0 Å². The fourth-order valence-electron chi connectivity index (χ4n) is 0.553. The second-order valence-electron chi connectivity index (χ2n) is 1.62. The second-order valence-corrected chi connectivity index (χ2v) is 4.91. The third kappa shape index (κ3) is 1.11. The van der Waals surface area contributed by atoms with Gasteiger partial charge < -0.3 is 0 Å². The molecule has 1 heterocycles. The van der Waals surface area contributed by atoms with Crippen LogP contribution < -0.4 is 5.73 Å². The predicted molar refractivity (Wildman–Crippen MR) is 28.0 cm³/mol. The molecule has 1 fully saturated rings. The quantitative estimate of drug-likeness (QED) is 0.556. The summed E-state index contributed by atoms with van der Waals surface area (Å²) in [5, 5.41) is 0. The van der Waals surface area contributed by atoms with Crippen LogP contribution in [0.4, 0.5) is 0 Å². The molecular weight excluding hydrogens is 190 g/mol. The first-order chi connectivity index (χ1) is 2.89. The Labute approximate surface area is 48.4 Å². The van der Waals surface area contributed by atoms with Gasteiger partial charge in [-0.05, 0) is 0 Å². The van der Waals surface area contributed by atoms with Crippen molar-refractivity contribution in [1.29, 1.82) is 0 Å². The molecule has 0 spiro atoms. The van der Waals surface area contributed by atoms with Crippen LogP contribution in [0.3, 0.4) is 0 Å². The van der Waals surface area contributed by atoms with Crippen molar-refractivity contribution in [3.8, 4) is 0 Å². The van der Waals surface area contributed by atoms with E-state index in [2.05, 4.69) is 0 Å². The normalized spacial score (nSPS) is 34.5. The Hall–Kier alpha value is 0.750. The number of rotatable bonds is 0. The molecule has 0 aliphatic carbocycles. The Morgan fingerprint density at radius 3 is 2.67 bits per heavy atom. The van der Waals surface area contributed by atoms with E-state index in [1.807, 2.05) is 0 Å². The van der Waals surface area contributed by atoms with Crippen LogP contribution in [0, 0.1) is 0 Å². The van der Waals surface area contributed by atoms with E-state index in [4.69, 9.17) is 5.73 Å². The molecule has 1 atom stereocenters. The Balaban J connectivity index is 2.18. The summed E-state index contributed by atoms with van der Waals surface area (Å²) in [5.41, 5.74) is 5.57. The van der Waals surface area contributed by atoms with Gasteiger partial charge in [-0.15, -0.1) is 0 Å². The predicted octanol–water partition coefficient (Wildman–Crippen LogP) is 0.258. The first-order valence-corrected chi connectivity index (χ1v) is 5.52. The zero-order valence-electron chi connectivity index (χ0n) is 3.68. The second kappa shape index (κ2) is 2.16. The Kier molecular flexibility index (Phi) is 1.76. The maximum absolute atomic E-state index is 5.57. The molecule has 0 radical (unpaired) electrons. The summed E-state index contributed by atoms with van der Waals surface area (Å²) in [5.74, 6) is 0. The van der Waals surface area contributed by atoms with Crippen LogP contribution in [0.5, 0.6) is 0 Å². The zero-order valence-corrected chi connectivity index (χ0v) is 6.01. The van der Waals surface area contributed by atoms with Gasteiger partial charge in [-0.25, -0.2) is 0 Å². The van der Waals surface area contributed by atoms with E-state index in [0.29, 0.717) is 27.0 Å². The van der Waals surface area contributed by atoms with Gasteiger partial charge in [0, 0.05) is 0 Å². The molecule has 0 aromatic carbocycles. The van der Waals surface area contributed by atoms with Gasteiger partial charge in [0.05, 0.1) is 0 Å². The average molecular weight is 199 g/mol. The summed E-state index contributed by atoms with van der Waals surface area (Å²) >= 11 is 0.434. The average Bonchev–Trinajstić information content (AvgIpc) is 1.86. The fraction of sp³-hybridized carbons (Fsp3) is 1.00. The van der Waals surface area contributed by atoms with E-state index < -0.39 is 0 Å². The standard InChI is InChI=1S/C4H9NTe/c5-4-1-2-6-3-4/h4H,1-3,5H2/t4-/m1/s1.